The largest absolute Gasteiger partial charge is 0.327 e. The van der Waals surface area contributed by atoms with Crippen LogP contribution in [0.5, 0.6) is 0 Å². The fourth-order valence-electron chi connectivity index (χ4n) is 0.741. The quantitative estimate of drug-likeness (QED) is 0.642. The minimum absolute atomic E-state index is 0. The maximum absolute atomic E-state index is 11.0. The van der Waals surface area contributed by atoms with Crippen molar-refractivity contribution in [3.63, 3.8) is 0 Å². The molecule has 74 valence electrons. The number of halogens is 1. The zero-order valence-corrected chi connectivity index (χ0v) is 7.97. The second-order valence-electron chi connectivity index (χ2n) is 2.56. The van der Waals surface area contributed by atoms with Crippen molar-refractivity contribution in [3.8, 4) is 0 Å². The number of nitrogens with zero attached hydrogens (tertiary/aromatic N) is 2. The number of amides is 1. The summed E-state index contributed by atoms with van der Waals surface area (Å²) in [7, 11) is 0. The Hall–Kier alpha value is -1.14. The summed E-state index contributed by atoms with van der Waals surface area (Å²) in [5.74, 6) is 0.183. The van der Waals surface area contributed by atoms with Crippen LogP contribution in [-0.4, -0.2) is 27.1 Å². The van der Waals surface area contributed by atoms with E-state index in [0.717, 1.165) is 0 Å². The highest BCUT2D eigenvalue weighted by Gasteiger charge is 2.05. The van der Waals surface area contributed by atoms with Crippen molar-refractivity contribution >= 4 is 24.3 Å². The topological polar surface area (TPSA) is 96.7 Å². The first-order valence-electron chi connectivity index (χ1n) is 3.59. The van der Waals surface area contributed by atoms with Crippen LogP contribution >= 0.6 is 12.4 Å². The molecule has 0 saturated heterocycles. The van der Waals surface area contributed by atoms with Gasteiger partial charge < -0.3 is 5.73 Å². The van der Waals surface area contributed by atoms with Crippen LogP contribution in [0.2, 0.25) is 0 Å². The third-order valence-corrected chi connectivity index (χ3v) is 1.18. The maximum atomic E-state index is 11.0. The van der Waals surface area contributed by atoms with Crippen LogP contribution in [0.4, 0.5) is 5.95 Å². The SMILES string of the molecule is CC(N)CC(=O)Nc1ncn[nH]1.Cl. The van der Waals surface area contributed by atoms with Crippen molar-refractivity contribution in [1.29, 1.82) is 0 Å². The van der Waals surface area contributed by atoms with Gasteiger partial charge in [0.1, 0.15) is 6.33 Å². The predicted molar refractivity (Wildman–Crippen MR) is 50.5 cm³/mol. The van der Waals surface area contributed by atoms with Gasteiger partial charge in [0, 0.05) is 12.5 Å². The fraction of sp³-hybridized carbons (Fsp3) is 0.500. The van der Waals surface area contributed by atoms with E-state index in [1.807, 2.05) is 0 Å². The monoisotopic (exact) mass is 205 g/mol. The van der Waals surface area contributed by atoms with Crippen molar-refractivity contribution in [1.82, 2.24) is 15.2 Å². The molecule has 0 spiro atoms. The molecule has 0 bridgehead atoms. The van der Waals surface area contributed by atoms with E-state index in [-0.39, 0.29) is 30.8 Å². The highest BCUT2D eigenvalue weighted by molar-refractivity contribution is 5.89. The zero-order valence-electron chi connectivity index (χ0n) is 7.15. The van der Waals surface area contributed by atoms with Crippen molar-refractivity contribution in [2.45, 2.75) is 19.4 Å². The van der Waals surface area contributed by atoms with E-state index in [4.69, 9.17) is 5.73 Å². The number of hydrogen-bond donors (Lipinski definition) is 3. The van der Waals surface area contributed by atoms with Crippen LogP contribution in [0.1, 0.15) is 13.3 Å². The van der Waals surface area contributed by atoms with Gasteiger partial charge in [0.2, 0.25) is 11.9 Å². The van der Waals surface area contributed by atoms with E-state index in [9.17, 15) is 4.79 Å². The molecule has 4 N–H and O–H groups in total. The highest BCUT2D eigenvalue weighted by atomic mass is 35.5. The maximum Gasteiger partial charge on any atom is 0.228 e. The summed E-state index contributed by atoms with van der Waals surface area (Å²) in [6, 6.07) is -0.145. The normalized spacial score (nSPS) is 11.5. The second kappa shape index (κ2) is 5.50. The first-order chi connectivity index (χ1) is 5.68. The Kier molecular flexibility index (Phi) is 5.01. The number of rotatable bonds is 3. The molecule has 0 fully saturated rings. The van der Waals surface area contributed by atoms with Crippen LogP contribution in [0.15, 0.2) is 6.33 Å². The Morgan fingerprint density at radius 1 is 1.85 bits per heavy atom. The molecular weight excluding hydrogens is 194 g/mol. The summed E-state index contributed by atoms with van der Waals surface area (Å²) >= 11 is 0. The number of carbonyl (C=O) groups is 1. The minimum atomic E-state index is -0.165. The lowest BCUT2D eigenvalue weighted by molar-refractivity contribution is -0.116. The van der Waals surface area contributed by atoms with Crippen molar-refractivity contribution < 1.29 is 4.79 Å². The Balaban J connectivity index is 0.00000144. The van der Waals surface area contributed by atoms with Crippen molar-refractivity contribution in [2.75, 3.05) is 5.32 Å². The molecule has 1 aromatic heterocycles. The number of nitrogens with one attached hydrogen (secondary N) is 2. The van der Waals surface area contributed by atoms with Crippen LogP contribution in [0.3, 0.4) is 0 Å². The van der Waals surface area contributed by atoms with Crippen LogP contribution in [-0.2, 0) is 4.79 Å². The third kappa shape index (κ3) is 4.44. The summed E-state index contributed by atoms with van der Waals surface area (Å²) in [4.78, 5) is 14.8. The van der Waals surface area contributed by atoms with Gasteiger partial charge in [-0.15, -0.1) is 12.4 Å². The lowest BCUT2D eigenvalue weighted by Crippen LogP contribution is -2.24. The highest BCUT2D eigenvalue weighted by Crippen LogP contribution is 1.95. The first kappa shape index (κ1) is 11.9. The standard InChI is InChI=1S/C6H11N5O.ClH/c1-4(7)2-5(12)10-6-8-3-9-11-6;/h3-4H,2,7H2,1H3,(H2,8,9,10,11,12);1H. The van der Waals surface area contributed by atoms with Crippen LogP contribution in [0, 0.1) is 0 Å². The summed E-state index contributed by atoms with van der Waals surface area (Å²) in [6.45, 7) is 1.76. The molecule has 1 heterocycles. The third-order valence-electron chi connectivity index (χ3n) is 1.18. The molecule has 1 atom stereocenters. The predicted octanol–water partition coefficient (Wildman–Crippen LogP) is -0.0977. The Bertz CT molecular complexity index is 248. The molecule has 1 amide bonds. The van der Waals surface area contributed by atoms with Gasteiger partial charge in [0.05, 0.1) is 0 Å². The van der Waals surface area contributed by atoms with E-state index < -0.39 is 0 Å². The van der Waals surface area contributed by atoms with Gasteiger partial charge in [0.25, 0.3) is 0 Å². The minimum Gasteiger partial charge on any atom is -0.327 e. The molecule has 13 heavy (non-hydrogen) atoms. The van der Waals surface area contributed by atoms with Gasteiger partial charge in [-0.2, -0.15) is 10.1 Å². The molecule has 1 unspecified atom stereocenters. The average Bonchev–Trinajstić information content (AvgIpc) is 2.37. The smallest absolute Gasteiger partial charge is 0.228 e. The summed E-state index contributed by atoms with van der Waals surface area (Å²) in [6.07, 6.45) is 1.60. The van der Waals surface area contributed by atoms with E-state index in [1.165, 1.54) is 6.33 Å². The number of hydrogen-bond acceptors (Lipinski definition) is 4. The van der Waals surface area contributed by atoms with Crippen molar-refractivity contribution in [3.05, 3.63) is 6.33 Å². The Morgan fingerprint density at radius 3 is 3.00 bits per heavy atom. The molecule has 7 heteroatoms. The molecular formula is C6H12ClN5O. The number of anilines is 1. The van der Waals surface area contributed by atoms with Crippen molar-refractivity contribution in [2.24, 2.45) is 5.73 Å². The molecule has 0 aliphatic heterocycles. The fourth-order valence-corrected chi connectivity index (χ4v) is 0.741. The average molecular weight is 206 g/mol. The van der Waals surface area contributed by atoms with Gasteiger partial charge in [0.15, 0.2) is 0 Å². The van der Waals surface area contributed by atoms with E-state index in [2.05, 4.69) is 20.5 Å². The molecule has 0 aromatic carbocycles. The summed E-state index contributed by atoms with van der Waals surface area (Å²) in [5, 5.41) is 8.58. The Labute approximate surface area is 81.7 Å². The number of H-pyrrole nitrogens is 1. The number of carbonyl (C=O) groups excluding carboxylic acids is 1. The van der Waals surface area contributed by atoms with Gasteiger partial charge in [-0.1, -0.05) is 0 Å². The second-order valence-corrected chi connectivity index (χ2v) is 2.56. The van der Waals surface area contributed by atoms with Gasteiger partial charge in [-0.05, 0) is 6.92 Å². The number of nitrogens with two attached hydrogens (primary N) is 1. The molecule has 1 rings (SSSR count). The van der Waals surface area contributed by atoms with Gasteiger partial charge in [-0.3, -0.25) is 10.1 Å². The molecule has 0 aliphatic carbocycles. The molecule has 0 saturated carbocycles. The number of aromatic nitrogens is 3. The van der Waals surface area contributed by atoms with E-state index >= 15 is 0 Å². The lowest BCUT2D eigenvalue weighted by atomic mass is 10.2. The zero-order chi connectivity index (χ0) is 8.97. The lowest BCUT2D eigenvalue weighted by Gasteiger charge is -2.03. The molecule has 0 radical (unpaired) electrons. The van der Waals surface area contributed by atoms with Crippen LogP contribution < -0.4 is 11.1 Å². The van der Waals surface area contributed by atoms with Gasteiger partial charge in [-0.25, -0.2) is 5.10 Å². The Morgan fingerprint density at radius 2 is 2.54 bits per heavy atom. The summed E-state index contributed by atoms with van der Waals surface area (Å²) < 4.78 is 0. The number of aromatic amines is 1. The van der Waals surface area contributed by atoms with Gasteiger partial charge >= 0.3 is 0 Å². The molecule has 1 aromatic rings. The molecule has 0 aliphatic rings. The summed E-state index contributed by atoms with van der Waals surface area (Å²) in [5.41, 5.74) is 5.42. The molecule has 6 nitrogen and oxygen atoms in total. The first-order valence-corrected chi connectivity index (χ1v) is 3.59. The van der Waals surface area contributed by atoms with Crippen LogP contribution in [0.25, 0.3) is 0 Å². The van der Waals surface area contributed by atoms with E-state index in [0.29, 0.717) is 5.95 Å². The van der Waals surface area contributed by atoms with E-state index in [1.54, 1.807) is 6.92 Å².